The van der Waals surface area contributed by atoms with Crippen molar-refractivity contribution < 1.29 is 14.3 Å². The van der Waals surface area contributed by atoms with Crippen molar-refractivity contribution in [2.45, 2.75) is 31.9 Å². The average molecular weight is 228 g/mol. The second-order valence-corrected chi connectivity index (χ2v) is 5.04. The first-order chi connectivity index (χ1) is 7.57. The van der Waals surface area contributed by atoms with Crippen LogP contribution in [-0.4, -0.2) is 55.5 Å². The van der Waals surface area contributed by atoms with Crippen molar-refractivity contribution in [1.82, 2.24) is 10.2 Å². The Morgan fingerprint density at radius 3 is 2.88 bits per heavy atom. The Kier molecular flexibility index (Phi) is 3.35. The predicted octanol–water partition coefficient (Wildman–Crippen LogP) is 0.596. The minimum atomic E-state index is -0.234. The van der Waals surface area contributed by atoms with Crippen LogP contribution in [-0.2, 0) is 9.47 Å². The molecule has 92 valence electrons. The fourth-order valence-corrected chi connectivity index (χ4v) is 2.10. The third-order valence-electron chi connectivity index (χ3n) is 2.97. The fraction of sp³-hybridized carbons (Fsp3) is 0.909. The lowest BCUT2D eigenvalue weighted by Gasteiger charge is -2.38. The molecule has 0 bridgehead atoms. The molecular weight excluding hydrogens is 208 g/mol. The molecule has 2 aliphatic rings. The smallest absolute Gasteiger partial charge is 0.317 e. The van der Waals surface area contributed by atoms with E-state index in [9.17, 15) is 4.79 Å². The van der Waals surface area contributed by atoms with Crippen molar-refractivity contribution in [1.29, 1.82) is 0 Å². The van der Waals surface area contributed by atoms with Crippen LogP contribution in [0, 0.1) is 0 Å². The maximum atomic E-state index is 11.9. The number of ether oxygens (including phenoxy) is 2. The summed E-state index contributed by atoms with van der Waals surface area (Å²) in [5.74, 6) is 0. The van der Waals surface area contributed by atoms with Crippen LogP contribution in [0.2, 0.25) is 0 Å². The molecule has 2 amide bonds. The number of carbonyl (C=O) groups excluding carboxylic acids is 1. The summed E-state index contributed by atoms with van der Waals surface area (Å²) in [7, 11) is 0. The lowest BCUT2D eigenvalue weighted by molar-refractivity contribution is -0.0735. The highest BCUT2D eigenvalue weighted by Crippen LogP contribution is 2.16. The van der Waals surface area contributed by atoms with Gasteiger partial charge in [0.2, 0.25) is 0 Å². The van der Waals surface area contributed by atoms with Gasteiger partial charge in [0.15, 0.2) is 0 Å². The fourth-order valence-electron chi connectivity index (χ4n) is 2.10. The maximum Gasteiger partial charge on any atom is 0.317 e. The molecule has 2 rings (SSSR count). The van der Waals surface area contributed by atoms with Gasteiger partial charge in [0.25, 0.3) is 0 Å². The zero-order valence-corrected chi connectivity index (χ0v) is 9.99. The summed E-state index contributed by atoms with van der Waals surface area (Å²) in [6.07, 6.45) is 0.916. The van der Waals surface area contributed by atoms with E-state index in [0.717, 1.165) is 13.0 Å². The van der Waals surface area contributed by atoms with E-state index in [1.807, 2.05) is 18.7 Å². The molecule has 0 aromatic heterocycles. The van der Waals surface area contributed by atoms with Crippen molar-refractivity contribution in [3.63, 3.8) is 0 Å². The van der Waals surface area contributed by atoms with Crippen LogP contribution < -0.4 is 5.32 Å². The van der Waals surface area contributed by atoms with Crippen molar-refractivity contribution in [3.05, 3.63) is 0 Å². The molecule has 1 N–H and O–H groups in total. The van der Waals surface area contributed by atoms with Crippen molar-refractivity contribution in [3.8, 4) is 0 Å². The first-order valence-corrected chi connectivity index (χ1v) is 5.84. The van der Waals surface area contributed by atoms with Crippen LogP contribution in [0.5, 0.6) is 0 Å². The number of hydrogen-bond acceptors (Lipinski definition) is 3. The van der Waals surface area contributed by atoms with Crippen LogP contribution in [0.3, 0.4) is 0 Å². The molecule has 16 heavy (non-hydrogen) atoms. The van der Waals surface area contributed by atoms with Crippen LogP contribution in [0.1, 0.15) is 20.3 Å². The molecular formula is C11H20N2O3. The number of amides is 2. The molecule has 0 saturated carbocycles. The second kappa shape index (κ2) is 4.59. The van der Waals surface area contributed by atoms with Crippen LogP contribution in [0.25, 0.3) is 0 Å². The molecule has 5 nitrogen and oxygen atoms in total. The number of hydrogen-bond donors (Lipinski definition) is 1. The van der Waals surface area contributed by atoms with Gasteiger partial charge in [0.1, 0.15) is 0 Å². The molecule has 0 aromatic carbocycles. The molecule has 2 fully saturated rings. The quantitative estimate of drug-likeness (QED) is 0.715. The number of rotatable bonds is 1. The minimum Gasteiger partial charge on any atom is -0.379 e. The van der Waals surface area contributed by atoms with Crippen molar-refractivity contribution in [2.75, 3.05) is 32.9 Å². The van der Waals surface area contributed by atoms with Gasteiger partial charge in [-0.1, -0.05) is 0 Å². The van der Waals surface area contributed by atoms with E-state index in [1.54, 1.807) is 0 Å². The molecule has 0 radical (unpaired) electrons. The van der Waals surface area contributed by atoms with E-state index in [0.29, 0.717) is 26.3 Å². The van der Waals surface area contributed by atoms with Gasteiger partial charge in [0, 0.05) is 13.2 Å². The lowest BCUT2D eigenvalue weighted by atomic mass is 10.1. The van der Waals surface area contributed by atoms with Gasteiger partial charge in [-0.05, 0) is 20.3 Å². The number of carbonyl (C=O) groups is 1. The second-order valence-electron chi connectivity index (χ2n) is 5.04. The molecule has 2 aliphatic heterocycles. The van der Waals surface area contributed by atoms with Crippen LogP contribution in [0.4, 0.5) is 4.79 Å². The lowest BCUT2D eigenvalue weighted by Crippen LogP contribution is -2.55. The number of urea groups is 1. The number of nitrogens with zero attached hydrogens (tertiary/aromatic N) is 1. The third kappa shape index (κ3) is 2.86. The summed E-state index contributed by atoms with van der Waals surface area (Å²) in [4.78, 5) is 13.8. The molecule has 1 atom stereocenters. The molecule has 5 heteroatoms. The van der Waals surface area contributed by atoms with Crippen LogP contribution >= 0.6 is 0 Å². The van der Waals surface area contributed by atoms with E-state index in [1.165, 1.54) is 0 Å². The van der Waals surface area contributed by atoms with E-state index in [-0.39, 0.29) is 17.7 Å². The normalized spacial score (nSPS) is 29.1. The Labute approximate surface area is 96.1 Å². The standard InChI is InChI=1S/C11H20N2O3/c1-11(2)8-13(4-6-16-11)10(14)12-9-3-5-15-7-9/h9H,3-8H2,1-2H3,(H,12,14). The van der Waals surface area contributed by atoms with Gasteiger partial charge in [-0.25, -0.2) is 4.79 Å². The first kappa shape index (κ1) is 11.7. The zero-order chi connectivity index (χ0) is 11.6. The highest BCUT2D eigenvalue weighted by atomic mass is 16.5. The molecule has 2 heterocycles. The Morgan fingerprint density at radius 1 is 1.44 bits per heavy atom. The highest BCUT2D eigenvalue weighted by molar-refractivity contribution is 5.74. The molecule has 0 aromatic rings. The molecule has 1 unspecified atom stereocenters. The predicted molar refractivity (Wildman–Crippen MR) is 59.4 cm³/mol. The Balaban J connectivity index is 1.84. The maximum absolute atomic E-state index is 11.9. The topological polar surface area (TPSA) is 50.8 Å². The van der Waals surface area contributed by atoms with Gasteiger partial charge in [-0.15, -0.1) is 0 Å². The zero-order valence-electron chi connectivity index (χ0n) is 9.99. The third-order valence-corrected chi connectivity index (χ3v) is 2.97. The summed E-state index contributed by atoms with van der Waals surface area (Å²) in [5, 5.41) is 2.99. The van der Waals surface area contributed by atoms with Gasteiger partial charge in [-0.3, -0.25) is 0 Å². The SMILES string of the molecule is CC1(C)CN(C(=O)NC2CCOC2)CCO1. The summed E-state index contributed by atoms with van der Waals surface area (Å²) >= 11 is 0. The highest BCUT2D eigenvalue weighted by Gasteiger charge is 2.31. The minimum absolute atomic E-state index is 0.00637. The monoisotopic (exact) mass is 228 g/mol. The Bertz CT molecular complexity index is 262. The molecule has 2 saturated heterocycles. The Hall–Kier alpha value is -0.810. The van der Waals surface area contributed by atoms with Gasteiger partial charge in [-0.2, -0.15) is 0 Å². The van der Waals surface area contributed by atoms with Crippen molar-refractivity contribution >= 4 is 6.03 Å². The van der Waals surface area contributed by atoms with Gasteiger partial charge >= 0.3 is 6.03 Å². The van der Waals surface area contributed by atoms with Crippen molar-refractivity contribution in [2.24, 2.45) is 0 Å². The summed E-state index contributed by atoms with van der Waals surface area (Å²) in [5.41, 5.74) is -0.234. The summed E-state index contributed by atoms with van der Waals surface area (Å²) in [6.45, 7) is 7.33. The average Bonchev–Trinajstić information content (AvgIpc) is 2.69. The van der Waals surface area contributed by atoms with Gasteiger partial charge < -0.3 is 19.7 Å². The molecule has 0 aliphatic carbocycles. The van der Waals surface area contributed by atoms with Gasteiger partial charge in [0.05, 0.1) is 31.4 Å². The van der Waals surface area contributed by atoms with E-state index in [2.05, 4.69) is 5.32 Å². The molecule has 0 spiro atoms. The number of nitrogens with one attached hydrogen (secondary N) is 1. The first-order valence-electron chi connectivity index (χ1n) is 5.84. The van der Waals surface area contributed by atoms with E-state index >= 15 is 0 Å². The van der Waals surface area contributed by atoms with Crippen LogP contribution in [0.15, 0.2) is 0 Å². The van der Waals surface area contributed by atoms with E-state index in [4.69, 9.17) is 9.47 Å². The summed E-state index contributed by atoms with van der Waals surface area (Å²) < 4.78 is 10.8. The largest absolute Gasteiger partial charge is 0.379 e. The summed E-state index contributed by atoms with van der Waals surface area (Å²) in [6, 6.07) is 0.185. The number of morpholine rings is 1. The van der Waals surface area contributed by atoms with E-state index < -0.39 is 0 Å². The Morgan fingerprint density at radius 2 is 2.25 bits per heavy atom.